The Hall–Kier alpha value is -2.30. The van der Waals surface area contributed by atoms with E-state index in [2.05, 4.69) is 10.3 Å². The van der Waals surface area contributed by atoms with Crippen LogP contribution in [0.2, 0.25) is 0 Å². The van der Waals surface area contributed by atoms with Gasteiger partial charge in [-0.05, 0) is 23.8 Å². The third-order valence-corrected chi connectivity index (χ3v) is 3.05. The molecule has 0 spiro atoms. The Balaban J connectivity index is 1.92. The summed E-state index contributed by atoms with van der Waals surface area (Å²) >= 11 is 0. The van der Waals surface area contributed by atoms with Crippen LogP contribution < -0.4 is 15.6 Å². The smallest absolute Gasteiger partial charge is 0.254 e. The van der Waals surface area contributed by atoms with Crippen molar-refractivity contribution in [3.8, 4) is 5.88 Å². The summed E-state index contributed by atoms with van der Waals surface area (Å²) in [6.45, 7) is 1.26. The van der Waals surface area contributed by atoms with Crippen molar-refractivity contribution < 1.29 is 9.13 Å². The standard InChI is InChI=1S/C14H13FN2O2/c15-11-3-1-9(2-4-11)7-10-8-12-14(17-13(10)18)19-6-5-16-12/h1-4,8,16H,5-7H2,(H,17,18). The number of nitrogens with one attached hydrogen (secondary N) is 2. The Bertz CT molecular complexity index is 649. The molecule has 5 heteroatoms. The van der Waals surface area contributed by atoms with E-state index in [1.807, 2.05) is 0 Å². The fourth-order valence-corrected chi connectivity index (χ4v) is 2.09. The minimum Gasteiger partial charge on any atom is -0.476 e. The highest BCUT2D eigenvalue weighted by Crippen LogP contribution is 2.24. The number of H-pyrrole nitrogens is 1. The molecule has 2 heterocycles. The van der Waals surface area contributed by atoms with E-state index in [0.717, 1.165) is 17.8 Å². The Morgan fingerprint density at radius 1 is 1.26 bits per heavy atom. The highest BCUT2D eigenvalue weighted by molar-refractivity contribution is 5.55. The number of halogens is 1. The molecule has 2 aromatic rings. The molecule has 1 aliphatic rings. The molecule has 0 radical (unpaired) electrons. The van der Waals surface area contributed by atoms with E-state index in [-0.39, 0.29) is 11.4 Å². The first-order chi connectivity index (χ1) is 9.22. The molecule has 1 aliphatic heterocycles. The van der Waals surface area contributed by atoms with Crippen molar-refractivity contribution in [3.63, 3.8) is 0 Å². The van der Waals surface area contributed by atoms with Gasteiger partial charge in [0.25, 0.3) is 5.56 Å². The Morgan fingerprint density at radius 2 is 2.05 bits per heavy atom. The summed E-state index contributed by atoms with van der Waals surface area (Å²) in [5, 5.41) is 3.17. The topological polar surface area (TPSA) is 54.1 Å². The van der Waals surface area contributed by atoms with Crippen LogP contribution in [-0.4, -0.2) is 18.1 Å². The normalized spacial score (nSPS) is 13.3. The molecule has 0 saturated heterocycles. The van der Waals surface area contributed by atoms with Gasteiger partial charge in [0, 0.05) is 18.5 Å². The zero-order valence-electron chi connectivity index (χ0n) is 10.2. The number of benzene rings is 1. The molecule has 19 heavy (non-hydrogen) atoms. The molecule has 0 unspecified atom stereocenters. The van der Waals surface area contributed by atoms with Crippen LogP contribution in [-0.2, 0) is 6.42 Å². The van der Waals surface area contributed by atoms with E-state index in [4.69, 9.17) is 4.74 Å². The Kier molecular flexibility index (Phi) is 2.95. The number of ether oxygens (including phenoxy) is 1. The minimum absolute atomic E-state index is 0.174. The summed E-state index contributed by atoms with van der Waals surface area (Å²) in [4.78, 5) is 14.6. The van der Waals surface area contributed by atoms with Crippen molar-refractivity contribution in [1.82, 2.24) is 4.98 Å². The number of hydrogen-bond donors (Lipinski definition) is 2. The fraction of sp³-hybridized carbons (Fsp3) is 0.214. The van der Waals surface area contributed by atoms with Gasteiger partial charge >= 0.3 is 0 Å². The SMILES string of the molecule is O=c1[nH]c2c(cc1Cc1ccc(F)cc1)NCCO2. The lowest BCUT2D eigenvalue weighted by Gasteiger charge is -2.18. The van der Waals surface area contributed by atoms with E-state index < -0.39 is 0 Å². The van der Waals surface area contributed by atoms with Crippen molar-refractivity contribution in [2.45, 2.75) is 6.42 Å². The van der Waals surface area contributed by atoms with E-state index in [9.17, 15) is 9.18 Å². The van der Waals surface area contributed by atoms with Crippen LogP contribution in [0.4, 0.5) is 10.1 Å². The van der Waals surface area contributed by atoms with Gasteiger partial charge in [-0.1, -0.05) is 12.1 Å². The third-order valence-electron chi connectivity index (χ3n) is 3.05. The van der Waals surface area contributed by atoms with Crippen molar-refractivity contribution >= 4 is 5.69 Å². The molecule has 3 rings (SSSR count). The molecule has 1 aromatic heterocycles. The summed E-state index contributed by atoms with van der Waals surface area (Å²) in [6.07, 6.45) is 0.463. The van der Waals surface area contributed by atoms with Gasteiger partial charge in [0.1, 0.15) is 12.4 Å². The number of rotatable bonds is 2. The van der Waals surface area contributed by atoms with Crippen molar-refractivity contribution in [2.24, 2.45) is 0 Å². The lowest BCUT2D eigenvalue weighted by Crippen LogP contribution is -2.23. The van der Waals surface area contributed by atoms with Crippen molar-refractivity contribution in [2.75, 3.05) is 18.5 Å². The average Bonchev–Trinajstić information content (AvgIpc) is 2.42. The molecule has 2 N–H and O–H groups in total. The van der Waals surface area contributed by atoms with Gasteiger partial charge in [-0.2, -0.15) is 0 Å². The third kappa shape index (κ3) is 2.45. The molecule has 1 aromatic carbocycles. The lowest BCUT2D eigenvalue weighted by atomic mass is 10.1. The first kappa shape index (κ1) is 11.8. The number of aromatic amines is 1. The Labute approximate surface area is 109 Å². The van der Waals surface area contributed by atoms with Gasteiger partial charge < -0.3 is 10.1 Å². The van der Waals surface area contributed by atoms with E-state index in [1.165, 1.54) is 12.1 Å². The van der Waals surface area contributed by atoms with Crippen LogP contribution in [0.5, 0.6) is 5.88 Å². The quantitative estimate of drug-likeness (QED) is 0.867. The van der Waals surface area contributed by atoms with E-state index >= 15 is 0 Å². The molecule has 98 valence electrons. The molecular formula is C14H13FN2O2. The zero-order valence-corrected chi connectivity index (χ0v) is 10.2. The maximum absolute atomic E-state index is 12.8. The van der Waals surface area contributed by atoms with Crippen LogP contribution in [0.25, 0.3) is 0 Å². The summed E-state index contributed by atoms with van der Waals surface area (Å²) in [6, 6.07) is 7.93. The summed E-state index contributed by atoms with van der Waals surface area (Å²) < 4.78 is 18.2. The van der Waals surface area contributed by atoms with E-state index in [0.29, 0.717) is 24.5 Å². The number of anilines is 1. The number of aromatic nitrogens is 1. The van der Waals surface area contributed by atoms with Gasteiger partial charge in [0.2, 0.25) is 5.88 Å². The number of fused-ring (bicyclic) bond motifs is 1. The Morgan fingerprint density at radius 3 is 2.84 bits per heavy atom. The predicted molar refractivity (Wildman–Crippen MR) is 70.3 cm³/mol. The molecule has 0 bridgehead atoms. The number of hydrogen-bond acceptors (Lipinski definition) is 3. The largest absolute Gasteiger partial charge is 0.476 e. The second-order valence-corrected chi connectivity index (χ2v) is 4.44. The van der Waals surface area contributed by atoms with E-state index in [1.54, 1.807) is 18.2 Å². The summed E-state index contributed by atoms with van der Waals surface area (Å²) in [7, 11) is 0. The highest BCUT2D eigenvalue weighted by Gasteiger charge is 2.13. The predicted octanol–water partition coefficient (Wildman–Crippen LogP) is 1.91. The molecule has 0 fully saturated rings. The highest BCUT2D eigenvalue weighted by atomic mass is 19.1. The van der Waals surface area contributed by atoms with Crippen LogP contribution >= 0.6 is 0 Å². The first-order valence-corrected chi connectivity index (χ1v) is 6.10. The van der Waals surface area contributed by atoms with Gasteiger partial charge in [0.15, 0.2) is 0 Å². The van der Waals surface area contributed by atoms with Gasteiger partial charge in [-0.3, -0.25) is 9.78 Å². The maximum Gasteiger partial charge on any atom is 0.254 e. The van der Waals surface area contributed by atoms with Gasteiger partial charge in [0.05, 0.1) is 5.69 Å². The summed E-state index contributed by atoms with van der Waals surface area (Å²) in [5.41, 5.74) is 2.14. The van der Waals surface area contributed by atoms with Crippen molar-refractivity contribution in [1.29, 1.82) is 0 Å². The molecule has 4 nitrogen and oxygen atoms in total. The van der Waals surface area contributed by atoms with Crippen LogP contribution in [0, 0.1) is 5.82 Å². The minimum atomic E-state index is -0.279. The monoisotopic (exact) mass is 260 g/mol. The molecule has 0 saturated carbocycles. The van der Waals surface area contributed by atoms with Gasteiger partial charge in [-0.25, -0.2) is 4.39 Å². The zero-order chi connectivity index (χ0) is 13.2. The molecule has 0 amide bonds. The second-order valence-electron chi connectivity index (χ2n) is 4.44. The first-order valence-electron chi connectivity index (χ1n) is 6.10. The lowest BCUT2D eigenvalue weighted by molar-refractivity contribution is 0.309. The summed E-state index contributed by atoms with van der Waals surface area (Å²) in [5.74, 6) is 0.206. The second kappa shape index (κ2) is 4.76. The van der Waals surface area contributed by atoms with Gasteiger partial charge in [-0.15, -0.1) is 0 Å². The van der Waals surface area contributed by atoms with Crippen LogP contribution in [0.15, 0.2) is 35.1 Å². The average molecular weight is 260 g/mol. The molecule has 0 atom stereocenters. The fourth-order valence-electron chi connectivity index (χ4n) is 2.09. The number of pyridine rings is 1. The molecular weight excluding hydrogens is 247 g/mol. The maximum atomic E-state index is 12.8. The van der Waals surface area contributed by atoms with Crippen molar-refractivity contribution in [3.05, 3.63) is 57.6 Å². The molecule has 0 aliphatic carbocycles. The van der Waals surface area contributed by atoms with Crippen LogP contribution in [0.3, 0.4) is 0 Å². The van der Waals surface area contributed by atoms with Crippen LogP contribution in [0.1, 0.15) is 11.1 Å².